The fraction of sp³-hybridized carbons (Fsp3) is 0.130. The summed E-state index contributed by atoms with van der Waals surface area (Å²) < 4.78 is 14.1. The number of halogens is 1. The van der Waals surface area contributed by atoms with Crippen LogP contribution in [0.3, 0.4) is 0 Å². The van der Waals surface area contributed by atoms with E-state index in [1.807, 2.05) is 36.7 Å². The van der Waals surface area contributed by atoms with Crippen LogP contribution in [0.1, 0.15) is 16.7 Å². The molecule has 0 spiro atoms. The standard InChI is InChI=1S/C10H10N2.C7H7F.C6H7N/c1-9-2-4-10(5-3-9)12-7-6-11-8-12;1-6-2-4-7(8)5-3-6;1-6-2-4-7-5-3-6/h2-8H,1H3;2-5H,1H3;2-5H,1H3. The van der Waals surface area contributed by atoms with Crippen molar-refractivity contribution in [2.45, 2.75) is 20.8 Å². The van der Waals surface area contributed by atoms with E-state index in [1.54, 1.807) is 37.1 Å². The van der Waals surface area contributed by atoms with Crippen LogP contribution in [0.25, 0.3) is 5.69 Å². The van der Waals surface area contributed by atoms with Gasteiger partial charge in [-0.25, -0.2) is 9.37 Å². The Morgan fingerprint density at radius 3 is 1.56 bits per heavy atom. The molecule has 0 fully saturated rings. The van der Waals surface area contributed by atoms with Crippen molar-refractivity contribution in [3.63, 3.8) is 0 Å². The number of benzene rings is 2. The van der Waals surface area contributed by atoms with Gasteiger partial charge in [0.15, 0.2) is 0 Å². The van der Waals surface area contributed by atoms with Crippen LogP contribution in [0.5, 0.6) is 0 Å². The Kier molecular flexibility index (Phi) is 7.92. The summed E-state index contributed by atoms with van der Waals surface area (Å²) in [5, 5.41) is 0. The van der Waals surface area contributed by atoms with Gasteiger partial charge in [0.2, 0.25) is 0 Å². The lowest BCUT2D eigenvalue weighted by Crippen LogP contribution is -1.88. The van der Waals surface area contributed by atoms with E-state index in [9.17, 15) is 4.39 Å². The quantitative estimate of drug-likeness (QED) is 0.435. The van der Waals surface area contributed by atoms with Crippen LogP contribution >= 0.6 is 0 Å². The van der Waals surface area contributed by atoms with E-state index in [-0.39, 0.29) is 5.82 Å². The van der Waals surface area contributed by atoms with E-state index < -0.39 is 0 Å². The Balaban J connectivity index is 0.000000153. The Labute approximate surface area is 160 Å². The van der Waals surface area contributed by atoms with Gasteiger partial charge in [-0.2, -0.15) is 0 Å². The molecular formula is C23H24FN3. The van der Waals surface area contributed by atoms with Crippen molar-refractivity contribution in [3.05, 3.63) is 114 Å². The van der Waals surface area contributed by atoms with Gasteiger partial charge in [-0.1, -0.05) is 35.4 Å². The van der Waals surface area contributed by atoms with Crippen LogP contribution < -0.4 is 0 Å². The first kappa shape index (κ1) is 20.0. The fourth-order valence-electron chi connectivity index (χ4n) is 2.09. The van der Waals surface area contributed by atoms with E-state index >= 15 is 0 Å². The Morgan fingerprint density at radius 1 is 0.630 bits per heavy atom. The average molecular weight is 361 g/mol. The summed E-state index contributed by atoms with van der Waals surface area (Å²) in [5.41, 5.74) is 4.78. The minimum atomic E-state index is -0.171. The normalized spacial score (nSPS) is 9.48. The predicted molar refractivity (Wildman–Crippen MR) is 108 cm³/mol. The van der Waals surface area contributed by atoms with Gasteiger partial charge in [0.05, 0.1) is 6.33 Å². The van der Waals surface area contributed by atoms with Crippen LogP contribution in [0.15, 0.2) is 91.8 Å². The third-order valence-electron chi connectivity index (χ3n) is 3.69. The summed E-state index contributed by atoms with van der Waals surface area (Å²) in [4.78, 5) is 7.83. The monoisotopic (exact) mass is 361 g/mol. The number of hydrogen-bond donors (Lipinski definition) is 0. The fourth-order valence-corrected chi connectivity index (χ4v) is 2.09. The molecule has 138 valence electrons. The molecule has 0 unspecified atom stereocenters. The topological polar surface area (TPSA) is 30.7 Å². The molecule has 0 atom stereocenters. The van der Waals surface area contributed by atoms with E-state index in [1.165, 1.54) is 23.3 Å². The number of aromatic nitrogens is 3. The highest BCUT2D eigenvalue weighted by Crippen LogP contribution is 2.07. The SMILES string of the molecule is Cc1ccc(-n2ccnc2)cc1.Cc1ccc(F)cc1.Cc1ccncc1. The van der Waals surface area contributed by atoms with Crippen molar-refractivity contribution >= 4 is 0 Å². The van der Waals surface area contributed by atoms with Crippen molar-refractivity contribution < 1.29 is 4.39 Å². The van der Waals surface area contributed by atoms with Crippen LogP contribution in [-0.2, 0) is 0 Å². The summed E-state index contributed by atoms with van der Waals surface area (Å²) in [7, 11) is 0. The Hall–Kier alpha value is -3.27. The summed E-state index contributed by atoms with van der Waals surface area (Å²) in [6.45, 7) is 6.05. The van der Waals surface area contributed by atoms with E-state index in [2.05, 4.69) is 41.2 Å². The molecule has 0 saturated carbocycles. The lowest BCUT2D eigenvalue weighted by Gasteiger charge is -2.00. The van der Waals surface area contributed by atoms with Gasteiger partial charge >= 0.3 is 0 Å². The largest absolute Gasteiger partial charge is 0.306 e. The number of imidazole rings is 1. The zero-order chi connectivity index (χ0) is 19.5. The summed E-state index contributed by atoms with van der Waals surface area (Å²) >= 11 is 0. The van der Waals surface area contributed by atoms with E-state index in [0.29, 0.717) is 0 Å². The second-order valence-electron chi connectivity index (χ2n) is 6.13. The molecule has 0 saturated heterocycles. The first-order chi connectivity index (χ1) is 13.0. The van der Waals surface area contributed by atoms with Crippen molar-refractivity contribution in [2.24, 2.45) is 0 Å². The van der Waals surface area contributed by atoms with Crippen LogP contribution in [0, 0.1) is 26.6 Å². The second kappa shape index (κ2) is 10.7. The molecule has 2 heterocycles. The van der Waals surface area contributed by atoms with Gasteiger partial charge in [-0.3, -0.25) is 4.98 Å². The Bertz CT molecular complexity index is 864. The number of nitrogens with zero attached hydrogens (tertiary/aromatic N) is 3. The number of pyridine rings is 1. The summed E-state index contributed by atoms with van der Waals surface area (Å²) in [5.74, 6) is -0.171. The minimum absolute atomic E-state index is 0.171. The molecular weight excluding hydrogens is 337 g/mol. The third-order valence-corrected chi connectivity index (χ3v) is 3.69. The van der Waals surface area contributed by atoms with Gasteiger partial charge in [-0.05, 0) is 62.7 Å². The first-order valence-electron chi connectivity index (χ1n) is 8.68. The molecule has 0 amide bonds. The molecule has 0 radical (unpaired) electrons. The van der Waals surface area contributed by atoms with Crippen LogP contribution in [-0.4, -0.2) is 14.5 Å². The summed E-state index contributed by atoms with van der Waals surface area (Å²) in [6, 6.07) is 18.7. The van der Waals surface area contributed by atoms with Crippen molar-refractivity contribution in [3.8, 4) is 5.69 Å². The molecule has 4 aromatic rings. The Morgan fingerprint density at radius 2 is 1.15 bits per heavy atom. The van der Waals surface area contributed by atoms with E-state index in [4.69, 9.17) is 0 Å². The number of aryl methyl sites for hydroxylation is 3. The van der Waals surface area contributed by atoms with E-state index in [0.717, 1.165) is 11.3 Å². The first-order valence-corrected chi connectivity index (χ1v) is 8.68. The van der Waals surface area contributed by atoms with Gasteiger partial charge < -0.3 is 4.57 Å². The molecule has 0 aliphatic heterocycles. The zero-order valence-electron chi connectivity index (χ0n) is 15.9. The molecule has 0 bridgehead atoms. The highest BCUT2D eigenvalue weighted by Gasteiger charge is 1.92. The van der Waals surface area contributed by atoms with Crippen LogP contribution in [0.2, 0.25) is 0 Å². The maximum absolute atomic E-state index is 12.1. The summed E-state index contributed by atoms with van der Waals surface area (Å²) in [6.07, 6.45) is 9.08. The highest BCUT2D eigenvalue weighted by atomic mass is 19.1. The van der Waals surface area contributed by atoms with Gasteiger partial charge in [0.25, 0.3) is 0 Å². The molecule has 0 aliphatic rings. The van der Waals surface area contributed by atoms with Gasteiger partial charge in [0, 0.05) is 30.5 Å². The van der Waals surface area contributed by atoms with Crippen molar-refractivity contribution in [2.75, 3.05) is 0 Å². The van der Waals surface area contributed by atoms with Gasteiger partial charge in [0.1, 0.15) is 5.82 Å². The average Bonchev–Trinajstić information content (AvgIpc) is 3.21. The predicted octanol–water partition coefficient (Wildman–Crippen LogP) is 5.70. The van der Waals surface area contributed by atoms with Crippen molar-refractivity contribution in [1.82, 2.24) is 14.5 Å². The molecule has 0 N–H and O–H groups in total. The second-order valence-corrected chi connectivity index (χ2v) is 6.13. The maximum Gasteiger partial charge on any atom is 0.123 e. The molecule has 27 heavy (non-hydrogen) atoms. The van der Waals surface area contributed by atoms with Gasteiger partial charge in [-0.15, -0.1) is 0 Å². The minimum Gasteiger partial charge on any atom is -0.306 e. The number of rotatable bonds is 1. The number of hydrogen-bond acceptors (Lipinski definition) is 2. The molecule has 4 rings (SSSR count). The lowest BCUT2D eigenvalue weighted by atomic mass is 10.2. The molecule has 0 aliphatic carbocycles. The maximum atomic E-state index is 12.1. The molecule has 4 heteroatoms. The lowest BCUT2D eigenvalue weighted by molar-refractivity contribution is 0.627. The van der Waals surface area contributed by atoms with Crippen LogP contribution in [0.4, 0.5) is 4.39 Å². The smallest absolute Gasteiger partial charge is 0.123 e. The molecule has 2 aromatic heterocycles. The molecule has 3 nitrogen and oxygen atoms in total. The zero-order valence-corrected chi connectivity index (χ0v) is 15.9. The van der Waals surface area contributed by atoms with Crippen molar-refractivity contribution in [1.29, 1.82) is 0 Å². The highest BCUT2D eigenvalue weighted by molar-refractivity contribution is 5.33. The molecule has 2 aromatic carbocycles. The third kappa shape index (κ3) is 7.65.